The number of nitrogens with one attached hydrogen (secondary N) is 2. The third kappa shape index (κ3) is 4.38. The van der Waals surface area contributed by atoms with E-state index in [1.165, 1.54) is 37.8 Å². The first kappa shape index (κ1) is 26.2. The van der Waals surface area contributed by atoms with Gasteiger partial charge in [0.1, 0.15) is 29.2 Å². The Morgan fingerprint density at radius 1 is 1.28 bits per heavy atom. The number of carbonyl (C=O) groups is 3. The zero-order chi connectivity index (χ0) is 28.1. The van der Waals surface area contributed by atoms with Crippen LogP contribution in [0.15, 0.2) is 48.5 Å². The molecule has 3 aromatic rings. The number of anilines is 1. The molecule has 0 saturated carbocycles. The average Bonchev–Trinajstić information content (AvgIpc) is 3.60. The van der Waals surface area contributed by atoms with Crippen LogP contribution in [-0.4, -0.2) is 71.0 Å². The van der Waals surface area contributed by atoms with Gasteiger partial charge in [0.15, 0.2) is 0 Å². The van der Waals surface area contributed by atoms with Gasteiger partial charge in [0.2, 0.25) is 11.8 Å². The summed E-state index contributed by atoms with van der Waals surface area (Å²) in [5, 5.41) is 13.5. The number of benzene rings is 2. The van der Waals surface area contributed by atoms with Crippen LogP contribution in [0.2, 0.25) is 0 Å². The number of aromatic nitrogens is 1. The van der Waals surface area contributed by atoms with Crippen molar-refractivity contribution >= 4 is 34.3 Å². The zero-order valence-electron chi connectivity index (χ0n) is 22.2. The summed E-state index contributed by atoms with van der Waals surface area (Å²) < 4.78 is 20.4. The number of amides is 3. The molecule has 9 nitrogen and oxygen atoms in total. The lowest BCUT2D eigenvalue weighted by molar-refractivity contribution is -0.137. The number of hydrogen-bond donors (Lipinski definition) is 2. The molecule has 3 heterocycles. The lowest BCUT2D eigenvalue weighted by Crippen LogP contribution is -2.53. The minimum Gasteiger partial charge on any atom is -0.496 e. The van der Waals surface area contributed by atoms with Crippen LogP contribution in [0.25, 0.3) is 10.9 Å². The maximum absolute atomic E-state index is 15.0. The first-order valence-corrected chi connectivity index (χ1v) is 12.7. The number of rotatable bonds is 6. The van der Waals surface area contributed by atoms with Gasteiger partial charge in [-0.05, 0) is 43.7 Å². The average molecular weight is 532 g/mol. The van der Waals surface area contributed by atoms with E-state index < -0.39 is 35.0 Å². The standard InChI is InChI=1S/C29H30FN5O4/c1-28(2,30)14-23(34(3)25(36)22-12-18-20(32-22)10-7-11-24(18)39-4)26(37)35-16-29(13-17(35)15-31)19-8-5-6-9-21(19)33-27(29)38/h5-12,17,23,32H,13-14,16H2,1-4H3,(H,33,38)/t17-,23-,29-/m0/s1. The molecule has 0 unspecified atom stereocenters. The first-order valence-electron chi connectivity index (χ1n) is 12.7. The van der Waals surface area contributed by atoms with E-state index in [-0.39, 0.29) is 31.0 Å². The Bertz CT molecular complexity index is 1520. The number of nitriles is 1. The number of likely N-dealkylation sites (tertiary alicyclic amines) is 1. The number of fused-ring (bicyclic) bond motifs is 3. The molecule has 1 saturated heterocycles. The highest BCUT2D eigenvalue weighted by atomic mass is 19.1. The number of ether oxygens (including phenoxy) is 1. The summed E-state index contributed by atoms with van der Waals surface area (Å²) in [4.78, 5) is 46.4. The Balaban J connectivity index is 1.48. The molecule has 39 heavy (non-hydrogen) atoms. The predicted octanol–water partition coefficient (Wildman–Crippen LogP) is 3.77. The Kier molecular flexibility index (Phi) is 6.33. The van der Waals surface area contributed by atoms with E-state index in [0.29, 0.717) is 22.3 Å². The smallest absolute Gasteiger partial charge is 0.270 e. The summed E-state index contributed by atoms with van der Waals surface area (Å²) in [5.41, 5.74) is -0.614. The van der Waals surface area contributed by atoms with Crippen molar-refractivity contribution < 1.29 is 23.5 Å². The number of aromatic amines is 1. The lowest BCUT2D eigenvalue weighted by Gasteiger charge is -2.34. The van der Waals surface area contributed by atoms with Crippen molar-refractivity contribution in [2.45, 2.75) is 49.9 Å². The molecule has 3 amide bonds. The molecule has 2 aromatic carbocycles. The van der Waals surface area contributed by atoms with Crippen LogP contribution in [0.5, 0.6) is 5.75 Å². The molecule has 3 atom stereocenters. The van der Waals surface area contributed by atoms with Crippen molar-refractivity contribution in [3.05, 3.63) is 59.8 Å². The number of alkyl halides is 1. The maximum atomic E-state index is 15.0. The number of hydrogen-bond acceptors (Lipinski definition) is 5. The number of halogens is 1. The van der Waals surface area contributed by atoms with Gasteiger partial charge in [0.05, 0.1) is 18.6 Å². The van der Waals surface area contributed by atoms with Crippen LogP contribution in [0.1, 0.15) is 42.7 Å². The quantitative estimate of drug-likeness (QED) is 0.502. The van der Waals surface area contributed by atoms with Gasteiger partial charge in [-0.25, -0.2) is 4.39 Å². The summed E-state index contributed by atoms with van der Waals surface area (Å²) in [5.74, 6) is -0.788. The number of methoxy groups -OCH3 is 1. The number of likely N-dealkylation sites (N-methyl/N-ethyl adjacent to an activating group) is 1. The van der Waals surface area contributed by atoms with Crippen LogP contribution in [-0.2, 0) is 15.0 Å². The number of para-hydroxylation sites is 1. The molecule has 2 aliphatic heterocycles. The van der Waals surface area contributed by atoms with Crippen molar-refractivity contribution in [3.63, 3.8) is 0 Å². The lowest BCUT2D eigenvalue weighted by atomic mass is 9.80. The third-order valence-electron chi connectivity index (χ3n) is 7.74. The fourth-order valence-corrected chi connectivity index (χ4v) is 5.78. The fraction of sp³-hybridized carbons (Fsp3) is 0.379. The van der Waals surface area contributed by atoms with Crippen molar-refractivity contribution in [3.8, 4) is 11.8 Å². The molecule has 0 radical (unpaired) electrons. The summed E-state index contributed by atoms with van der Waals surface area (Å²) in [6, 6.07) is 14.2. The van der Waals surface area contributed by atoms with E-state index in [1.54, 1.807) is 36.4 Å². The van der Waals surface area contributed by atoms with Gasteiger partial charge in [-0.2, -0.15) is 5.26 Å². The first-order chi connectivity index (χ1) is 18.5. The highest BCUT2D eigenvalue weighted by Gasteiger charge is 2.57. The molecule has 2 N–H and O–H groups in total. The van der Waals surface area contributed by atoms with Gasteiger partial charge in [0, 0.05) is 43.0 Å². The molecule has 0 bridgehead atoms. The van der Waals surface area contributed by atoms with E-state index in [2.05, 4.69) is 16.4 Å². The van der Waals surface area contributed by atoms with Crippen molar-refractivity contribution in [1.29, 1.82) is 5.26 Å². The molecule has 1 aromatic heterocycles. The largest absolute Gasteiger partial charge is 0.496 e. The molecule has 1 spiro atoms. The third-order valence-corrected chi connectivity index (χ3v) is 7.74. The normalized spacial score (nSPS) is 21.0. The molecule has 0 aliphatic carbocycles. The van der Waals surface area contributed by atoms with Crippen LogP contribution < -0.4 is 10.1 Å². The second-order valence-electron chi connectivity index (χ2n) is 10.9. The van der Waals surface area contributed by atoms with Crippen LogP contribution in [0.4, 0.5) is 10.1 Å². The summed E-state index contributed by atoms with van der Waals surface area (Å²) in [7, 11) is 2.98. The molecule has 2 aliphatic rings. The fourth-order valence-electron chi connectivity index (χ4n) is 5.78. The Morgan fingerprint density at radius 3 is 2.72 bits per heavy atom. The van der Waals surface area contributed by atoms with Crippen LogP contribution in [0.3, 0.4) is 0 Å². The highest BCUT2D eigenvalue weighted by molar-refractivity contribution is 6.07. The van der Waals surface area contributed by atoms with Crippen LogP contribution in [0, 0.1) is 11.3 Å². The highest BCUT2D eigenvalue weighted by Crippen LogP contribution is 2.46. The summed E-state index contributed by atoms with van der Waals surface area (Å²) in [6.45, 7) is 2.64. The van der Waals surface area contributed by atoms with E-state index in [0.717, 1.165) is 5.56 Å². The van der Waals surface area contributed by atoms with Crippen molar-refractivity contribution in [2.24, 2.45) is 0 Å². The molecule has 202 valence electrons. The number of nitrogens with zero attached hydrogens (tertiary/aromatic N) is 3. The topological polar surface area (TPSA) is 119 Å². The van der Waals surface area contributed by atoms with E-state index in [9.17, 15) is 19.6 Å². The predicted molar refractivity (Wildman–Crippen MR) is 143 cm³/mol. The van der Waals surface area contributed by atoms with Gasteiger partial charge in [-0.1, -0.05) is 24.3 Å². The molecular weight excluding hydrogens is 501 g/mol. The molecule has 10 heteroatoms. The van der Waals surface area contributed by atoms with Gasteiger partial charge in [0.25, 0.3) is 5.91 Å². The molecule has 5 rings (SSSR count). The van der Waals surface area contributed by atoms with Crippen molar-refractivity contribution in [1.82, 2.24) is 14.8 Å². The molecular formula is C29H30FN5O4. The number of carbonyl (C=O) groups excluding carboxylic acids is 3. The van der Waals surface area contributed by atoms with Crippen LogP contribution >= 0.6 is 0 Å². The number of H-pyrrole nitrogens is 1. The SMILES string of the molecule is COc1cccc2[nH]c(C(=O)N(C)[C@@H](CC(C)(C)F)C(=O)N3C[C@]4(C[C@H]3C#N)C(=O)Nc3ccccc34)cc12. The Morgan fingerprint density at radius 2 is 2.03 bits per heavy atom. The minimum absolute atomic E-state index is 0.0399. The van der Waals surface area contributed by atoms with E-state index in [4.69, 9.17) is 4.74 Å². The minimum atomic E-state index is -1.80. The van der Waals surface area contributed by atoms with Gasteiger partial charge < -0.3 is 24.8 Å². The maximum Gasteiger partial charge on any atom is 0.270 e. The van der Waals surface area contributed by atoms with E-state index in [1.807, 2.05) is 12.1 Å². The Labute approximate surface area is 225 Å². The molecule has 1 fully saturated rings. The second kappa shape index (κ2) is 9.42. The summed E-state index contributed by atoms with van der Waals surface area (Å²) >= 11 is 0. The zero-order valence-corrected chi connectivity index (χ0v) is 22.2. The summed E-state index contributed by atoms with van der Waals surface area (Å²) in [6.07, 6.45) is -0.175. The monoisotopic (exact) mass is 531 g/mol. The van der Waals surface area contributed by atoms with Crippen molar-refractivity contribution in [2.75, 3.05) is 26.0 Å². The second-order valence-corrected chi connectivity index (χ2v) is 10.9. The van der Waals surface area contributed by atoms with Gasteiger partial charge in [-0.3, -0.25) is 14.4 Å². The Hall–Kier alpha value is -4.39. The van der Waals surface area contributed by atoms with E-state index >= 15 is 4.39 Å². The van der Waals surface area contributed by atoms with Gasteiger partial charge >= 0.3 is 0 Å². The van der Waals surface area contributed by atoms with Gasteiger partial charge in [-0.15, -0.1) is 0 Å².